The first-order valence-corrected chi connectivity index (χ1v) is 5.96. The van der Waals surface area contributed by atoms with Gasteiger partial charge in [0.1, 0.15) is 0 Å². The molecule has 5 heteroatoms. The highest BCUT2D eigenvalue weighted by Crippen LogP contribution is 2.23. The van der Waals surface area contributed by atoms with E-state index in [0.717, 1.165) is 0 Å². The van der Waals surface area contributed by atoms with Gasteiger partial charge in [-0.15, -0.1) is 0 Å². The number of carbonyl (C=O) groups is 2. The van der Waals surface area contributed by atoms with E-state index in [2.05, 4.69) is 5.32 Å². The van der Waals surface area contributed by atoms with Gasteiger partial charge in [0.25, 0.3) is 0 Å². The van der Waals surface area contributed by atoms with Crippen LogP contribution in [0.4, 0.5) is 0 Å². The summed E-state index contributed by atoms with van der Waals surface area (Å²) in [6.07, 6.45) is 0.650. The largest absolute Gasteiger partial charge is 0.481 e. The number of carbonyl (C=O) groups excluding carboxylic acids is 1. The summed E-state index contributed by atoms with van der Waals surface area (Å²) in [6, 6.07) is 0. The van der Waals surface area contributed by atoms with Crippen LogP contribution in [0.1, 0.15) is 33.6 Å². The molecule has 0 aromatic carbocycles. The Morgan fingerprint density at radius 3 is 2.59 bits per heavy atom. The molecule has 1 rings (SSSR count). The van der Waals surface area contributed by atoms with Crippen molar-refractivity contribution in [3.63, 3.8) is 0 Å². The third kappa shape index (κ3) is 3.70. The van der Waals surface area contributed by atoms with E-state index in [9.17, 15) is 9.59 Å². The maximum atomic E-state index is 12.0. The van der Waals surface area contributed by atoms with Gasteiger partial charge in [0, 0.05) is 12.1 Å². The SMILES string of the molecule is CC(C)C(C)(CC(=O)O)NC(=O)C1CCOC1. The monoisotopic (exact) mass is 243 g/mol. The van der Waals surface area contributed by atoms with E-state index in [1.807, 2.05) is 13.8 Å². The zero-order chi connectivity index (χ0) is 13.1. The molecule has 0 aromatic rings. The summed E-state index contributed by atoms with van der Waals surface area (Å²) in [7, 11) is 0. The minimum absolute atomic E-state index is 0.0601. The van der Waals surface area contributed by atoms with Gasteiger partial charge in [-0.2, -0.15) is 0 Å². The van der Waals surface area contributed by atoms with Crippen molar-refractivity contribution in [1.82, 2.24) is 5.32 Å². The molecule has 0 spiro atoms. The van der Waals surface area contributed by atoms with Crippen LogP contribution >= 0.6 is 0 Å². The Morgan fingerprint density at radius 1 is 1.53 bits per heavy atom. The zero-order valence-corrected chi connectivity index (χ0v) is 10.7. The molecule has 5 nitrogen and oxygen atoms in total. The van der Waals surface area contributed by atoms with Gasteiger partial charge in [-0.3, -0.25) is 9.59 Å². The summed E-state index contributed by atoms with van der Waals surface area (Å²) in [5, 5.41) is 11.8. The Hall–Kier alpha value is -1.10. The van der Waals surface area contributed by atoms with Crippen LogP contribution in [-0.4, -0.2) is 35.7 Å². The normalized spacial score (nSPS) is 23.4. The molecular formula is C12H21NO4. The third-order valence-corrected chi connectivity index (χ3v) is 3.50. The second-order valence-electron chi connectivity index (χ2n) is 5.19. The molecule has 1 amide bonds. The predicted molar refractivity (Wildman–Crippen MR) is 62.6 cm³/mol. The van der Waals surface area contributed by atoms with Crippen LogP contribution in [0.3, 0.4) is 0 Å². The number of carboxylic acids is 1. The maximum Gasteiger partial charge on any atom is 0.305 e. The van der Waals surface area contributed by atoms with E-state index < -0.39 is 11.5 Å². The smallest absolute Gasteiger partial charge is 0.305 e. The number of amides is 1. The van der Waals surface area contributed by atoms with Crippen LogP contribution in [-0.2, 0) is 14.3 Å². The molecule has 0 aliphatic carbocycles. The molecule has 0 saturated carbocycles. The maximum absolute atomic E-state index is 12.0. The molecular weight excluding hydrogens is 222 g/mol. The lowest BCUT2D eigenvalue weighted by Gasteiger charge is -2.34. The molecule has 2 unspecified atom stereocenters. The quantitative estimate of drug-likeness (QED) is 0.756. The molecule has 1 saturated heterocycles. The molecule has 17 heavy (non-hydrogen) atoms. The molecule has 0 radical (unpaired) electrons. The van der Waals surface area contributed by atoms with Crippen LogP contribution in [0.2, 0.25) is 0 Å². The fraction of sp³-hybridized carbons (Fsp3) is 0.833. The van der Waals surface area contributed by atoms with Crippen molar-refractivity contribution in [2.24, 2.45) is 11.8 Å². The zero-order valence-electron chi connectivity index (χ0n) is 10.7. The van der Waals surface area contributed by atoms with E-state index >= 15 is 0 Å². The lowest BCUT2D eigenvalue weighted by molar-refractivity contribution is -0.139. The van der Waals surface area contributed by atoms with Gasteiger partial charge in [-0.1, -0.05) is 13.8 Å². The van der Waals surface area contributed by atoms with Gasteiger partial charge in [-0.25, -0.2) is 0 Å². The van der Waals surface area contributed by atoms with Gasteiger partial charge in [0.2, 0.25) is 5.91 Å². The molecule has 0 bridgehead atoms. The first-order valence-electron chi connectivity index (χ1n) is 5.96. The van der Waals surface area contributed by atoms with E-state index in [0.29, 0.717) is 19.6 Å². The van der Waals surface area contributed by atoms with Gasteiger partial charge in [0.15, 0.2) is 0 Å². The van der Waals surface area contributed by atoms with Gasteiger partial charge in [-0.05, 0) is 19.3 Å². The van der Waals surface area contributed by atoms with Crippen LogP contribution in [0, 0.1) is 11.8 Å². The molecule has 1 aliphatic heterocycles. The molecule has 98 valence electrons. The fourth-order valence-electron chi connectivity index (χ4n) is 1.83. The van der Waals surface area contributed by atoms with Crippen molar-refractivity contribution in [1.29, 1.82) is 0 Å². The molecule has 2 atom stereocenters. The highest BCUT2D eigenvalue weighted by Gasteiger charge is 2.35. The highest BCUT2D eigenvalue weighted by atomic mass is 16.5. The van der Waals surface area contributed by atoms with Crippen molar-refractivity contribution in [3.05, 3.63) is 0 Å². The summed E-state index contributed by atoms with van der Waals surface area (Å²) in [5.74, 6) is -1.07. The van der Waals surface area contributed by atoms with Gasteiger partial charge < -0.3 is 15.2 Å². The van der Waals surface area contributed by atoms with E-state index in [1.54, 1.807) is 6.92 Å². The highest BCUT2D eigenvalue weighted by molar-refractivity contribution is 5.80. The van der Waals surface area contributed by atoms with Crippen molar-refractivity contribution in [2.75, 3.05) is 13.2 Å². The lowest BCUT2D eigenvalue weighted by atomic mass is 9.84. The first kappa shape index (κ1) is 14.0. The minimum Gasteiger partial charge on any atom is -0.481 e. The van der Waals surface area contributed by atoms with Crippen LogP contribution in [0.5, 0.6) is 0 Å². The summed E-state index contributed by atoms with van der Waals surface area (Å²) in [4.78, 5) is 22.8. The summed E-state index contributed by atoms with van der Waals surface area (Å²) in [6.45, 7) is 6.64. The first-order chi connectivity index (χ1) is 7.85. The Balaban J connectivity index is 2.65. The standard InChI is InChI=1S/C12H21NO4/c1-8(2)12(3,6-10(14)15)13-11(16)9-4-5-17-7-9/h8-9H,4-7H2,1-3H3,(H,13,16)(H,14,15). The lowest BCUT2D eigenvalue weighted by Crippen LogP contribution is -2.53. The third-order valence-electron chi connectivity index (χ3n) is 3.50. The number of hydrogen-bond acceptors (Lipinski definition) is 3. The van der Waals surface area contributed by atoms with Crippen molar-refractivity contribution in [3.8, 4) is 0 Å². The van der Waals surface area contributed by atoms with Crippen LogP contribution in [0.15, 0.2) is 0 Å². The van der Waals surface area contributed by atoms with E-state index in [4.69, 9.17) is 9.84 Å². The van der Waals surface area contributed by atoms with Crippen molar-refractivity contribution in [2.45, 2.75) is 39.2 Å². The molecule has 0 aromatic heterocycles. The topological polar surface area (TPSA) is 75.6 Å². The Morgan fingerprint density at radius 2 is 2.18 bits per heavy atom. The molecule has 2 N–H and O–H groups in total. The van der Waals surface area contributed by atoms with E-state index in [-0.39, 0.29) is 24.2 Å². The Kier molecular flexibility index (Phi) is 4.51. The van der Waals surface area contributed by atoms with E-state index in [1.165, 1.54) is 0 Å². The summed E-state index contributed by atoms with van der Waals surface area (Å²) < 4.78 is 5.16. The van der Waals surface area contributed by atoms with Crippen LogP contribution < -0.4 is 5.32 Å². The van der Waals surface area contributed by atoms with Gasteiger partial charge >= 0.3 is 5.97 Å². The van der Waals surface area contributed by atoms with Crippen LogP contribution in [0.25, 0.3) is 0 Å². The number of hydrogen-bond donors (Lipinski definition) is 2. The van der Waals surface area contributed by atoms with Crippen molar-refractivity contribution < 1.29 is 19.4 Å². The summed E-state index contributed by atoms with van der Waals surface area (Å²) in [5.41, 5.74) is -0.703. The number of aliphatic carboxylic acids is 1. The molecule has 1 heterocycles. The Labute approximate surface area is 102 Å². The average Bonchev–Trinajstić information content (AvgIpc) is 2.68. The Bertz CT molecular complexity index is 297. The number of ether oxygens (including phenoxy) is 1. The molecule has 1 aliphatic rings. The fourth-order valence-corrected chi connectivity index (χ4v) is 1.83. The number of carboxylic acid groups (broad SMARTS) is 1. The van der Waals surface area contributed by atoms with Crippen molar-refractivity contribution >= 4 is 11.9 Å². The minimum atomic E-state index is -0.899. The average molecular weight is 243 g/mol. The summed E-state index contributed by atoms with van der Waals surface area (Å²) >= 11 is 0. The molecule has 1 fully saturated rings. The van der Waals surface area contributed by atoms with Gasteiger partial charge in [0.05, 0.1) is 18.9 Å². The number of nitrogens with one attached hydrogen (secondary N) is 1. The predicted octanol–water partition coefficient (Wildman–Crippen LogP) is 1.03. The number of rotatable bonds is 5. The second-order valence-corrected chi connectivity index (χ2v) is 5.19. The second kappa shape index (κ2) is 5.49.